The van der Waals surface area contributed by atoms with Crippen LogP contribution in [0.15, 0.2) is 36.8 Å². The number of halogens is 2. The summed E-state index contributed by atoms with van der Waals surface area (Å²) >= 11 is 6.38. The van der Waals surface area contributed by atoms with Crippen molar-refractivity contribution in [2.45, 2.75) is 52.2 Å². The molecule has 0 saturated carbocycles. The van der Waals surface area contributed by atoms with E-state index in [1.165, 1.54) is 23.2 Å². The quantitative estimate of drug-likeness (QED) is 0.333. The summed E-state index contributed by atoms with van der Waals surface area (Å²) in [7, 11) is 0. The first kappa shape index (κ1) is 27.3. The van der Waals surface area contributed by atoms with Gasteiger partial charge < -0.3 is 20.5 Å². The Hall–Kier alpha value is -4.25. The minimum atomic E-state index is -1.05. The third-order valence-electron chi connectivity index (χ3n) is 6.85. The highest BCUT2D eigenvalue weighted by Crippen LogP contribution is 2.41. The molecule has 4 heterocycles. The first-order chi connectivity index (χ1) is 19.1. The molecule has 0 spiro atoms. The number of amides is 1. The number of carboxylic acids is 1. The van der Waals surface area contributed by atoms with Gasteiger partial charge in [0.2, 0.25) is 0 Å². The number of fused-ring (bicyclic) bond motifs is 1. The van der Waals surface area contributed by atoms with Crippen molar-refractivity contribution in [2.24, 2.45) is 0 Å². The number of ether oxygens (including phenoxy) is 1. The van der Waals surface area contributed by atoms with E-state index in [1.807, 2.05) is 25.2 Å². The molecular weight excluding hydrogens is 539 g/mol. The van der Waals surface area contributed by atoms with Crippen LogP contribution in [0.3, 0.4) is 0 Å². The van der Waals surface area contributed by atoms with E-state index in [4.69, 9.17) is 22.1 Å². The number of rotatable bonds is 7. The standard InChI is InChI=1S/C28H28ClFN6O4/c1-14(2)40-25-17(12-21-34-15(3)24-26(31)32-8-10-36(21)24)11-18(29)23(30)22(25)16-6-7-19(33-13-16)27(37)35-9-4-5-20(35)28(38)39/h6-8,10-11,13-14,20H,4-5,9,12H2,1-3H3,(H2,31,32)(H,38,39). The topological polar surface area (TPSA) is 136 Å². The van der Waals surface area contributed by atoms with Crippen LogP contribution in [0.1, 0.15) is 54.3 Å². The fraction of sp³-hybridized carbons (Fsp3) is 0.321. The molecule has 1 amide bonds. The smallest absolute Gasteiger partial charge is 0.326 e. The van der Waals surface area contributed by atoms with Gasteiger partial charge >= 0.3 is 5.97 Å². The molecule has 208 valence electrons. The second-order valence-electron chi connectivity index (χ2n) is 9.95. The number of hydrogen-bond donors (Lipinski definition) is 2. The number of imidazole rings is 1. The van der Waals surface area contributed by atoms with Gasteiger partial charge in [0.05, 0.1) is 22.4 Å². The summed E-state index contributed by atoms with van der Waals surface area (Å²) in [6.45, 7) is 5.83. The van der Waals surface area contributed by atoms with E-state index < -0.39 is 23.7 Å². The summed E-state index contributed by atoms with van der Waals surface area (Å²) in [6, 6.07) is 3.64. The number of aromatic nitrogens is 4. The van der Waals surface area contributed by atoms with E-state index in [9.17, 15) is 14.7 Å². The van der Waals surface area contributed by atoms with Gasteiger partial charge in [-0.15, -0.1) is 0 Å². The van der Waals surface area contributed by atoms with Crippen molar-refractivity contribution in [2.75, 3.05) is 12.3 Å². The number of anilines is 1. The van der Waals surface area contributed by atoms with Crippen molar-refractivity contribution in [1.82, 2.24) is 24.3 Å². The maximum absolute atomic E-state index is 15.6. The monoisotopic (exact) mass is 566 g/mol. The van der Waals surface area contributed by atoms with Crippen LogP contribution in [-0.4, -0.2) is 59.9 Å². The molecule has 5 rings (SSSR count). The second kappa shape index (κ2) is 10.7. The fourth-order valence-corrected chi connectivity index (χ4v) is 5.34. The Morgan fingerprint density at radius 1 is 1.30 bits per heavy atom. The summed E-state index contributed by atoms with van der Waals surface area (Å²) in [5.41, 5.74) is 8.57. The van der Waals surface area contributed by atoms with E-state index in [1.54, 1.807) is 18.5 Å². The van der Waals surface area contributed by atoms with Gasteiger partial charge in [-0.2, -0.15) is 0 Å². The number of aryl methyl sites for hydroxylation is 1. The molecule has 10 nitrogen and oxygen atoms in total. The molecule has 1 aliphatic heterocycles. The number of hydrogen-bond acceptors (Lipinski definition) is 7. The molecule has 12 heteroatoms. The van der Waals surface area contributed by atoms with Crippen LogP contribution in [0.25, 0.3) is 16.6 Å². The van der Waals surface area contributed by atoms with Crippen molar-refractivity contribution >= 4 is 34.8 Å². The summed E-state index contributed by atoms with van der Waals surface area (Å²) < 4.78 is 23.6. The lowest BCUT2D eigenvalue weighted by Crippen LogP contribution is -2.40. The molecule has 1 atom stereocenters. The normalized spacial score (nSPS) is 15.2. The Morgan fingerprint density at radius 2 is 2.08 bits per heavy atom. The average molecular weight is 567 g/mol. The predicted octanol–water partition coefficient (Wildman–Crippen LogP) is 4.54. The second-order valence-corrected chi connectivity index (χ2v) is 10.4. The van der Waals surface area contributed by atoms with Crippen molar-refractivity contribution in [3.63, 3.8) is 0 Å². The molecule has 1 aromatic carbocycles. The predicted molar refractivity (Wildman–Crippen MR) is 147 cm³/mol. The van der Waals surface area contributed by atoms with Crippen molar-refractivity contribution in [1.29, 1.82) is 0 Å². The molecule has 40 heavy (non-hydrogen) atoms. The molecule has 4 aromatic rings. The first-order valence-corrected chi connectivity index (χ1v) is 13.2. The lowest BCUT2D eigenvalue weighted by Gasteiger charge is -2.21. The van der Waals surface area contributed by atoms with Crippen LogP contribution < -0.4 is 10.5 Å². The SMILES string of the molecule is Cc1nc(Cc2cc(Cl)c(F)c(-c3ccc(C(=O)N4CCCC4C(=O)O)nc3)c2OC(C)C)n2ccnc(N)c12. The first-order valence-electron chi connectivity index (χ1n) is 12.8. The maximum atomic E-state index is 15.6. The van der Waals surface area contributed by atoms with Crippen LogP contribution in [0.4, 0.5) is 10.2 Å². The highest BCUT2D eigenvalue weighted by molar-refractivity contribution is 6.31. The van der Waals surface area contributed by atoms with Gasteiger partial charge in [-0.1, -0.05) is 17.7 Å². The number of carboxylic acid groups (broad SMARTS) is 1. The van der Waals surface area contributed by atoms with Crippen LogP contribution in [0.2, 0.25) is 5.02 Å². The Kier molecular flexibility index (Phi) is 7.33. The number of nitrogen functional groups attached to an aromatic ring is 1. The van der Waals surface area contributed by atoms with Gasteiger partial charge in [-0.25, -0.2) is 19.2 Å². The number of nitrogens with zero attached hydrogens (tertiary/aromatic N) is 5. The highest BCUT2D eigenvalue weighted by Gasteiger charge is 2.35. The van der Waals surface area contributed by atoms with Crippen molar-refractivity contribution in [3.05, 3.63) is 70.4 Å². The highest BCUT2D eigenvalue weighted by atomic mass is 35.5. The zero-order chi connectivity index (χ0) is 28.7. The Labute approximate surface area is 234 Å². The molecule has 1 fully saturated rings. The molecule has 3 N–H and O–H groups in total. The lowest BCUT2D eigenvalue weighted by molar-refractivity contribution is -0.141. The Morgan fingerprint density at radius 3 is 2.75 bits per heavy atom. The summed E-state index contributed by atoms with van der Waals surface area (Å²) in [5, 5.41) is 9.33. The van der Waals surface area contributed by atoms with Crippen LogP contribution in [0.5, 0.6) is 5.75 Å². The number of carbonyl (C=O) groups excluding carboxylic acids is 1. The molecule has 1 unspecified atom stereocenters. The molecule has 0 aliphatic carbocycles. The zero-order valence-electron chi connectivity index (χ0n) is 22.2. The third-order valence-corrected chi connectivity index (χ3v) is 7.13. The summed E-state index contributed by atoms with van der Waals surface area (Å²) in [4.78, 5) is 38.9. The van der Waals surface area contributed by atoms with Crippen molar-refractivity contribution < 1.29 is 23.8 Å². The molecule has 3 aromatic heterocycles. The van der Waals surface area contributed by atoms with E-state index in [-0.39, 0.29) is 34.6 Å². The minimum absolute atomic E-state index is 0.0661. The van der Waals surface area contributed by atoms with E-state index in [2.05, 4.69) is 15.0 Å². The van der Waals surface area contributed by atoms with Gasteiger partial charge in [-0.3, -0.25) is 14.2 Å². The van der Waals surface area contributed by atoms with E-state index in [0.717, 1.165) is 0 Å². The number of benzene rings is 1. The van der Waals surface area contributed by atoms with E-state index >= 15 is 4.39 Å². The number of likely N-dealkylation sites (tertiary alicyclic amines) is 1. The van der Waals surface area contributed by atoms with Gasteiger partial charge in [0.15, 0.2) is 5.82 Å². The van der Waals surface area contributed by atoms with E-state index in [0.29, 0.717) is 53.4 Å². The number of carbonyl (C=O) groups is 2. The van der Waals surface area contributed by atoms with Gasteiger partial charge in [0, 0.05) is 42.7 Å². The lowest BCUT2D eigenvalue weighted by atomic mass is 9.99. The summed E-state index contributed by atoms with van der Waals surface area (Å²) in [6.07, 6.45) is 5.65. The van der Waals surface area contributed by atoms with Gasteiger partial charge in [-0.05, 0) is 45.7 Å². The zero-order valence-corrected chi connectivity index (χ0v) is 22.9. The fourth-order valence-electron chi connectivity index (χ4n) is 5.11. The molecule has 1 aliphatic rings. The van der Waals surface area contributed by atoms with Crippen LogP contribution in [0, 0.1) is 12.7 Å². The van der Waals surface area contributed by atoms with Crippen LogP contribution >= 0.6 is 11.6 Å². The average Bonchev–Trinajstić information content (AvgIpc) is 3.52. The summed E-state index contributed by atoms with van der Waals surface area (Å²) in [5.74, 6) is -0.964. The largest absolute Gasteiger partial charge is 0.490 e. The minimum Gasteiger partial charge on any atom is -0.490 e. The van der Waals surface area contributed by atoms with Gasteiger partial charge in [0.1, 0.15) is 34.6 Å². The maximum Gasteiger partial charge on any atom is 0.326 e. The van der Waals surface area contributed by atoms with Gasteiger partial charge in [0.25, 0.3) is 5.91 Å². The number of pyridine rings is 1. The number of aliphatic carboxylic acids is 1. The molecule has 1 saturated heterocycles. The molecular formula is C28H28ClFN6O4. The Balaban J connectivity index is 1.56. The van der Waals surface area contributed by atoms with Crippen molar-refractivity contribution in [3.8, 4) is 16.9 Å². The number of nitrogens with two attached hydrogens (primary N) is 1. The van der Waals surface area contributed by atoms with Crippen LogP contribution in [-0.2, 0) is 11.2 Å². The third kappa shape index (κ3) is 4.92. The molecule has 0 radical (unpaired) electrons. The Bertz CT molecular complexity index is 1620. The molecule has 0 bridgehead atoms.